The van der Waals surface area contributed by atoms with Gasteiger partial charge in [-0.15, -0.1) is 0 Å². The first-order chi connectivity index (χ1) is 15.9. The maximum atomic E-state index is 13.0. The molecule has 172 valence electrons. The van der Waals surface area contributed by atoms with Gasteiger partial charge in [-0.3, -0.25) is 14.8 Å². The highest BCUT2D eigenvalue weighted by atomic mass is 19.1. The third-order valence-corrected chi connectivity index (χ3v) is 5.13. The molecule has 0 spiro atoms. The van der Waals surface area contributed by atoms with Gasteiger partial charge in [-0.05, 0) is 47.0 Å². The minimum atomic E-state index is -0.590. The Bertz CT molecular complexity index is 1150. The minimum Gasteiger partial charge on any atom is -0.399 e. The molecule has 0 aliphatic rings. The van der Waals surface area contributed by atoms with Crippen molar-refractivity contribution >= 4 is 22.6 Å². The van der Waals surface area contributed by atoms with Crippen molar-refractivity contribution in [3.8, 4) is 0 Å². The molecule has 0 aromatic heterocycles. The van der Waals surface area contributed by atoms with E-state index >= 15 is 0 Å². The zero-order chi connectivity index (χ0) is 23.8. The SMILES string of the molecule is N/C(=C\N(N)C(CC(=O)NO)Cc1ccc2ccccc2c1)CNC(=O)c1ccc(F)cc1. The van der Waals surface area contributed by atoms with Crippen molar-refractivity contribution in [2.75, 3.05) is 6.54 Å². The van der Waals surface area contributed by atoms with Crippen LogP contribution < -0.4 is 22.4 Å². The summed E-state index contributed by atoms with van der Waals surface area (Å²) in [5.41, 5.74) is 9.13. The van der Waals surface area contributed by atoms with Gasteiger partial charge in [0.1, 0.15) is 5.82 Å². The van der Waals surface area contributed by atoms with E-state index in [1.807, 2.05) is 42.5 Å². The molecule has 0 fully saturated rings. The second kappa shape index (κ2) is 11.1. The molecule has 0 bridgehead atoms. The standard InChI is InChI=1S/C24H26FN5O3/c25-20-9-7-18(8-10-20)24(32)28-14-21(26)15-30(27)22(13-23(31)29-33)12-16-5-6-17-3-1-2-4-19(17)11-16/h1-11,15,22,33H,12-14,26-27H2,(H,28,32)(H,29,31)/b21-15-. The molecular weight excluding hydrogens is 425 g/mol. The van der Waals surface area contributed by atoms with Gasteiger partial charge in [-0.25, -0.2) is 15.7 Å². The molecule has 1 atom stereocenters. The molecule has 0 aliphatic heterocycles. The Morgan fingerprint density at radius 2 is 1.76 bits per heavy atom. The molecule has 33 heavy (non-hydrogen) atoms. The predicted octanol–water partition coefficient (Wildman–Crippen LogP) is 2.19. The van der Waals surface area contributed by atoms with E-state index in [0.29, 0.717) is 12.0 Å². The fourth-order valence-corrected chi connectivity index (χ4v) is 3.41. The van der Waals surface area contributed by atoms with Gasteiger partial charge >= 0.3 is 0 Å². The Labute approximate surface area is 190 Å². The highest BCUT2D eigenvalue weighted by Gasteiger charge is 2.19. The second-order valence-electron chi connectivity index (χ2n) is 7.62. The highest BCUT2D eigenvalue weighted by molar-refractivity contribution is 5.94. The van der Waals surface area contributed by atoms with Crippen LogP contribution in [0.2, 0.25) is 0 Å². The van der Waals surface area contributed by atoms with Crippen LogP contribution in [-0.4, -0.2) is 34.6 Å². The Morgan fingerprint density at radius 1 is 1.06 bits per heavy atom. The fourth-order valence-electron chi connectivity index (χ4n) is 3.41. The van der Waals surface area contributed by atoms with Gasteiger partial charge in [0.15, 0.2) is 0 Å². The summed E-state index contributed by atoms with van der Waals surface area (Å²) in [7, 11) is 0. The maximum Gasteiger partial charge on any atom is 0.251 e. The lowest BCUT2D eigenvalue weighted by Gasteiger charge is -2.26. The lowest BCUT2D eigenvalue weighted by molar-refractivity contribution is -0.130. The van der Waals surface area contributed by atoms with E-state index in [1.54, 1.807) is 5.48 Å². The fraction of sp³-hybridized carbons (Fsp3) is 0.167. The van der Waals surface area contributed by atoms with Crippen LogP contribution in [0.25, 0.3) is 10.8 Å². The van der Waals surface area contributed by atoms with E-state index in [-0.39, 0.29) is 18.7 Å². The molecule has 3 rings (SSSR count). The van der Waals surface area contributed by atoms with E-state index in [0.717, 1.165) is 16.3 Å². The van der Waals surface area contributed by atoms with Crippen LogP contribution >= 0.6 is 0 Å². The van der Waals surface area contributed by atoms with Crippen molar-refractivity contribution < 1.29 is 19.2 Å². The molecule has 7 N–H and O–H groups in total. The molecule has 9 heteroatoms. The normalized spacial score (nSPS) is 12.3. The summed E-state index contributed by atoms with van der Waals surface area (Å²) in [6.45, 7) is -0.00119. The summed E-state index contributed by atoms with van der Waals surface area (Å²) in [6.07, 6.45) is 1.77. The van der Waals surface area contributed by atoms with Crippen LogP contribution in [0.3, 0.4) is 0 Å². The van der Waals surface area contributed by atoms with Crippen molar-refractivity contribution in [3.05, 3.63) is 95.6 Å². The molecule has 2 amide bonds. The molecule has 0 radical (unpaired) electrons. The zero-order valence-corrected chi connectivity index (χ0v) is 17.9. The average Bonchev–Trinajstić information content (AvgIpc) is 2.82. The summed E-state index contributed by atoms with van der Waals surface area (Å²) in [5, 5.41) is 15.0. The Hall–Kier alpha value is -3.95. The lowest BCUT2D eigenvalue weighted by atomic mass is 9.99. The summed E-state index contributed by atoms with van der Waals surface area (Å²) in [6, 6.07) is 18.5. The van der Waals surface area contributed by atoms with Crippen LogP contribution in [0.1, 0.15) is 22.3 Å². The van der Waals surface area contributed by atoms with Crippen LogP contribution in [0, 0.1) is 5.82 Å². The number of carbonyl (C=O) groups excluding carboxylic acids is 2. The van der Waals surface area contributed by atoms with Crippen LogP contribution in [0.5, 0.6) is 0 Å². The third kappa shape index (κ3) is 6.76. The summed E-state index contributed by atoms with van der Waals surface area (Å²) in [5.74, 6) is 4.74. The number of rotatable bonds is 9. The van der Waals surface area contributed by atoms with Crippen molar-refractivity contribution in [1.82, 2.24) is 15.8 Å². The molecule has 8 nitrogen and oxygen atoms in total. The van der Waals surface area contributed by atoms with Crippen LogP contribution in [0.4, 0.5) is 4.39 Å². The van der Waals surface area contributed by atoms with E-state index in [1.165, 1.54) is 35.5 Å². The minimum absolute atomic E-state index is 0.00119. The molecule has 0 heterocycles. The number of hydrazine groups is 1. The largest absolute Gasteiger partial charge is 0.399 e. The number of nitrogens with zero attached hydrogens (tertiary/aromatic N) is 1. The van der Waals surface area contributed by atoms with Crippen molar-refractivity contribution in [1.29, 1.82) is 0 Å². The van der Waals surface area contributed by atoms with Gasteiger partial charge in [0.05, 0.1) is 19.0 Å². The van der Waals surface area contributed by atoms with Gasteiger partial charge in [0, 0.05) is 17.5 Å². The zero-order valence-electron chi connectivity index (χ0n) is 17.9. The Kier molecular flexibility index (Phi) is 7.96. The first-order valence-corrected chi connectivity index (χ1v) is 10.3. The number of hydroxylamine groups is 1. The Morgan fingerprint density at radius 3 is 2.45 bits per heavy atom. The molecule has 0 saturated heterocycles. The monoisotopic (exact) mass is 451 g/mol. The van der Waals surface area contributed by atoms with Crippen molar-refractivity contribution in [2.24, 2.45) is 11.6 Å². The van der Waals surface area contributed by atoms with Crippen LogP contribution in [-0.2, 0) is 11.2 Å². The third-order valence-electron chi connectivity index (χ3n) is 5.13. The van der Waals surface area contributed by atoms with Crippen molar-refractivity contribution in [3.63, 3.8) is 0 Å². The number of fused-ring (bicyclic) bond motifs is 1. The van der Waals surface area contributed by atoms with E-state index in [4.69, 9.17) is 16.8 Å². The van der Waals surface area contributed by atoms with Crippen molar-refractivity contribution in [2.45, 2.75) is 18.9 Å². The number of hydrogen-bond acceptors (Lipinski definition) is 6. The molecule has 3 aromatic rings. The Balaban J connectivity index is 1.68. The van der Waals surface area contributed by atoms with Crippen LogP contribution in [0.15, 0.2) is 78.6 Å². The predicted molar refractivity (Wildman–Crippen MR) is 123 cm³/mol. The first kappa shape index (κ1) is 23.7. The smallest absolute Gasteiger partial charge is 0.251 e. The quantitative estimate of drug-likeness (QED) is 0.192. The summed E-state index contributed by atoms with van der Waals surface area (Å²) >= 11 is 0. The lowest BCUT2D eigenvalue weighted by Crippen LogP contribution is -2.42. The molecule has 0 aliphatic carbocycles. The van der Waals surface area contributed by atoms with Gasteiger partial charge < -0.3 is 16.1 Å². The van der Waals surface area contributed by atoms with Gasteiger partial charge in [-0.1, -0.05) is 42.5 Å². The first-order valence-electron chi connectivity index (χ1n) is 10.3. The topological polar surface area (TPSA) is 134 Å². The average molecular weight is 452 g/mol. The molecule has 3 aromatic carbocycles. The number of benzene rings is 3. The molecular formula is C24H26FN5O3. The number of nitrogens with one attached hydrogen (secondary N) is 2. The molecule has 1 unspecified atom stereocenters. The van der Waals surface area contributed by atoms with E-state index in [9.17, 15) is 14.0 Å². The number of carbonyl (C=O) groups is 2. The highest BCUT2D eigenvalue weighted by Crippen LogP contribution is 2.18. The number of amides is 2. The number of nitrogens with two attached hydrogens (primary N) is 2. The molecule has 0 saturated carbocycles. The van der Waals surface area contributed by atoms with Gasteiger partial charge in [0.25, 0.3) is 5.91 Å². The maximum absolute atomic E-state index is 13.0. The van der Waals surface area contributed by atoms with E-state index < -0.39 is 23.7 Å². The second-order valence-corrected chi connectivity index (χ2v) is 7.62. The summed E-state index contributed by atoms with van der Waals surface area (Å²) < 4.78 is 13.0. The van der Waals surface area contributed by atoms with Gasteiger partial charge in [-0.2, -0.15) is 0 Å². The number of hydrogen-bond donors (Lipinski definition) is 5. The van der Waals surface area contributed by atoms with Gasteiger partial charge in [0.2, 0.25) is 5.91 Å². The summed E-state index contributed by atoms with van der Waals surface area (Å²) in [4.78, 5) is 24.0. The van der Waals surface area contributed by atoms with E-state index in [2.05, 4.69) is 5.32 Å². The number of halogens is 1.